The molecule has 2 bridgehead atoms. The number of piperazine rings is 1. The van der Waals surface area contributed by atoms with Gasteiger partial charge in [-0.3, -0.25) is 9.59 Å². The quantitative estimate of drug-likeness (QED) is 0.481. The maximum atomic E-state index is 13.1. The zero-order valence-electron chi connectivity index (χ0n) is 18.1. The maximum Gasteiger partial charge on any atom is 0.272 e. The van der Waals surface area contributed by atoms with Crippen LogP contribution in [0.15, 0.2) is 41.6 Å². The summed E-state index contributed by atoms with van der Waals surface area (Å²) in [6.45, 7) is 1.48. The Morgan fingerprint density at radius 3 is 2.70 bits per heavy atom. The lowest BCUT2D eigenvalue weighted by Gasteiger charge is -2.41. The van der Waals surface area contributed by atoms with Gasteiger partial charge in [-0.25, -0.2) is 15.1 Å². The highest BCUT2D eigenvalue weighted by Gasteiger charge is 2.42. The second-order valence-electron chi connectivity index (χ2n) is 8.80. The predicted octanol–water partition coefficient (Wildman–Crippen LogP) is 1.79. The molecule has 1 aromatic carbocycles. The van der Waals surface area contributed by atoms with Crippen molar-refractivity contribution in [2.75, 3.05) is 18.0 Å². The van der Waals surface area contributed by atoms with E-state index in [0.717, 1.165) is 42.5 Å². The van der Waals surface area contributed by atoms with Crippen LogP contribution in [0, 0.1) is 0 Å². The number of carbonyl (C=O) groups excluding carboxylic acids is 1. The first-order valence-electron chi connectivity index (χ1n) is 11.4. The number of aryl methyl sites for hydroxylation is 1. The summed E-state index contributed by atoms with van der Waals surface area (Å²) in [6, 6.07) is 7.83. The van der Waals surface area contributed by atoms with E-state index >= 15 is 0 Å². The van der Waals surface area contributed by atoms with Crippen LogP contribution in [0.1, 0.15) is 31.4 Å². The van der Waals surface area contributed by atoms with Crippen molar-refractivity contribution >= 4 is 33.8 Å². The van der Waals surface area contributed by atoms with E-state index in [2.05, 4.69) is 39.9 Å². The Balaban J connectivity index is 1.11. The number of nitrogens with one attached hydrogen (secondary N) is 2. The number of hydrogen-bond donors (Lipinski definition) is 2. The molecule has 2 saturated heterocycles. The number of rotatable bonds is 5. The van der Waals surface area contributed by atoms with Crippen molar-refractivity contribution in [2.45, 2.75) is 44.2 Å². The highest BCUT2D eigenvalue weighted by molar-refractivity contribution is 5.83. The molecule has 2 aliphatic heterocycles. The Morgan fingerprint density at radius 2 is 1.88 bits per heavy atom. The molecule has 168 valence electrons. The standard InChI is InChI=1S/C23H24N8O2/c32-20(7-3-6-18-16-4-1-2-5-17(16)22(33)29-28-18)31-14-8-9-15(31)12-30(11-14)23-24-10-19-21(27-23)26-13-25-19/h1-2,4-5,10,13-15H,3,6-9,11-12H2,(H,29,33)(H,24,25,26,27). The fourth-order valence-electron chi connectivity index (χ4n) is 5.25. The van der Waals surface area contributed by atoms with Crippen molar-refractivity contribution in [1.29, 1.82) is 0 Å². The molecule has 0 aliphatic carbocycles. The normalized spacial score (nSPS) is 20.1. The molecule has 5 heterocycles. The molecule has 1 amide bonds. The smallest absolute Gasteiger partial charge is 0.272 e. The molecule has 2 fully saturated rings. The predicted molar refractivity (Wildman–Crippen MR) is 123 cm³/mol. The van der Waals surface area contributed by atoms with Gasteiger partial charge in [-0.05, 0) is 31.7 Å². The van der Waals surface area contributed by atoms with Gasteiger partial charge in [0.15, 0.2) is 5.65 Å². The van der Waals surface area contributed by atoms with Gasteiger partial charge >= 0.3 is 0 Å². The Kier molecular flexibility index (Phi) is 4.78. The van der Waals surface area contributed by atoms with Crippen LogP contribution in [-0.4, -0.2) is 66.1 Å². The number of imidazole rings is 1. The number of hydrogen-bond acceptors (Lipinski definition) is 7. The number of carbonyl (C=O) groups is 1. The first-order valence-corrected chi connectivity index (χ1v) is 11.4. The van der Waals surface area contributed by atoms with Gasteiger partial charge in [0, 0.05) is 37.0 Å². The van der Waals surface area contributed by atoms with Crippen LogP contribution in [0.25, 0.3) is 21.9 Å². The monoisotopic (exact) mass is 444 g/mol. The number of anilines is 1. The van der Waals surface area contributed by atoms with Crippen LogP contribution in [-0.2, 0) is 11.2 Å². The SMILES string of the molecule is O=C(CCCc1n[nH]c(=O)c2ccccc12)N1C2CCC1CN(c1ncc3[nH]cnc3n1)C2. The van der Waals surface area contributed by atoms with Crippen molar-refractivity contribution in [3.05, 3.63) is 52.8 Å². The van der Waals surface area contributed by atoms with E-state index < -0.39 is 0 Å². The van der Waals surface area contributed by atoms with Gasteiger partial charge in [-0.2, -0.15) is 10.1 Å². The molecule has 6 rings (SSSR count). The minimum atomic E-state index is -0.185. The summed E-state index contributed by atoms with van der Waals surface area (Å²) in [5.74, 6) is 0.870. The first kappa shape index (κ1) is 19.8. The zero-order chi connectivity index (χ0) is 22.4. The molecule has 10 heteroatoms. The van der Waals surface area contributed by atoms with Gasteiger partial charge in [-0.1, -0.05) is 18.2 Å². The molecule has 3 aromatic heterocycles. The van der Waals surface area contributed by atoms with Crippen LogP contribution in [0.4, 0.5) is 5.95 Å². The van der Waals surface area contributed by atoms with Crippen molar-refractivity contribution in [2.24, 2.45) is 0 Å². The van der Waals surface area contributed by atoms with Gasteiger partial charge in [-0.15, -0.1) is 0 Å². The summed E-state index contributed by atoms with van der Waals surface area (Å²) in [7, 11) is 0. The molecule has 4 aromatic rings. The summed E-state index contributed by atoms with van der Waals surface area (Å²) in [6.07, 6.45) is 7.20. The molecule has 2 aliphatic rings. The number of benzene rings is 1. The Morgan fingerprint density at radius 1 is 1.09 bits per heavy atom. The van der Waals surface area contributed by atoms with Crippen LogP contribution >= 0.6 is 0 Å². The van der Waals surface area contributed by atoms with Gasteiger partial charge < -0.3 is 14.8 Å². The maximum absolute atomic E-state index is 13.1. The summed E-state index contributed by atoms with van der Waals surface area (Å²) in [4.78, 5) is 45.7. The summed E-state index contributed by atoms with van der Waals surface area (Å²) in [5, 5.41) is 8.30. The number of aromatic nitrogens is 6. The van der Waals surface area contributed by atoms with Crippen LogP contribution in [0.2, 0.25) is 0 Å². The fraction of sp³-hybridized carbons (Fsp3) is 0.391. The Bertz CT molecular complexity index is 1380. The third-order valence-electron chi connectivity index (χ3n) is 6.80. The number of nitrogens with zero attached hydrogens (tertiary/aromatic N) is 6. The Hall–Kier alpha value is -3.82. The first-order chi connectivity index (χ1) is 16.2. The fourth-order valence-corrected chi connectivity index (χ4v) is 5.25. The van der Waals surface area contributed by atoms with Crippen molar-refractivity contribution in [1.82, 2.24) is 35.0 Å². The molecule has 2 N–H and O–H groups in total. The number of H-pyrrole nitrogens is 2. The van der Waals surface area contributed by atoms with Crippen molar-refractivity contribution in [3.63, 3.8) is 0 Å². The minimum absolute atomic E-state index is 0.182. The third-order valence-corrected chi connectivity index (χ3v) is 6.80. The molecule has 33 heavy (non-hydrogen) atoms. The van der Waals surface area contributed by atoms with E-state index in [-0.39, 0.29) is 23.6 Å². The highest BCUT2D eigenvalue weighted by Crippen LogP contribution is 2.32. The van der Waals surface area contributed by atoms with Crippen LogP contribution in [0.3, 0.4) is 0 Å². The topological polar surface area (TPSA) is 124 Å². The lowest BCUT2D eigenvalue weighted by atomic mass is 10.1. The van der Waals surface area contributed by atoms with Crippen molar-refractivity contribution < 1.29 is 4.79 Å². The second kappa shape index (κ2) is 7.95. The summed E-state index contributed by atoms with van der Waals surface area (Å²) < 4.78 is 0. The largest absolute Gasteiger partial charge is 0.342 e. The van der Waals surface area contributed by atoms with Gasteiger partial charge in [0.25, 0.3) is 5.56 Å². The summed E-state index contributed by atoms with van der Waals surface area (Å²) >= 11 is 0. The zero-order valence-corrected chi connectivity index (χ0v) is 18.1. The molecule has 2 atom stereocenters. The molecule has 0 saturated carbocycles. The average Bonchev–Trinajstić information content (AvgIpc) is 3.41. The van der Waals surface area contributed by atoms with E-state index in [1.165, 1.54) is 0 Å². The molecule has 0 radical (unpaired) electrons. The van der Waals surface area contributed by atoms with E-state index in [9.17, 15) is 9.59 Å². The number of aromatic amines is 2. The van der Waals surface area contributed by atoms with Crippen LogP contribution < -0.4 is 10.5 Å². The van der Waals surface area contributed by atoms with Gasteiger partial charge in [0.2, 0.25) is 11.9 Å². The molecular weight excluding hydrogens is 420 g/mol. The molecular formula is C23H24N8O2. The minimum Gasteiger partial charge on any atom is -0.342 e. The van der Waals surface area contributed by atoms with Crippen LogP contribution in [0.5, 0.6) is 0 Å². The van der Waals surface area contributed by atoms with Gasteiger partial charge in [0.1, 0.15) is 5.52 Å². The van der Waals surface area contributed by atoms with E-state index in [1.54, 1.807) is 18.6 Å². The summed E-state index contributed by atoms with van der Waals surface area (Å²) in [5.41, 5.74) is 2.13. The third kappa shape index (κ3) is 3.51. The molecule has 10 nitrogen and oxygen atoms in total. The lowest BCUT2D eigenvalue weighted by molar-refractivity contribution is -0.134. The van der Waals surface area contributed by atoms with Crippen molar-refractivity contribution in [3.8, 4) is 0 Å². The van der Waals surface area contributed by atoms with E-state index in [4.69, 9.17) is 0 Å². The van der Waals surface area contributed by atoms with Gasteiger partial charge in [0.05, 0.1) is 23.6 Å². The second-order valence-corrected chi connectivity index (χ2v) is 8.80. The molecule has 0 spiro atoms. The Labute approximate surface area is 189 Å². The highest BCUT2D eigenvalue weighted by atomic mass is 16.2. The molecule has 2 unspecified atom stereocenters. The lowest BCUT2D eigenvalue weighted by Crippen LogP contribution is -2.56. The average molecular weight is 444 g/mol. The van der Waals surface area contributed by atoms with E-state index in [1.807, 2.05) is 18.2 Å². The number of amides is 1. The number of fused-ring (bicyclic) bond motifs is 4. The van der Waals surface area contributed by atoms with E-state index in [0.29, 0.717) is 36.2 Å².